The van der Waals surface area contributed by atoms with Crippen LogP contribution in [0, 0.1) is 0 Å². The van der Waals surface area contributed by atoms with Gasteiger partial charge in [-0.1, -0.05) is 13.8 Å². The SMILES string of the molecule is C.NCCCC[C@@H](N)C(=O)O. The minimum absolute atomic E-state index is 0. The van der Waals surface area contributed by atoms with Crippen molar-refractivity contribution in [3.63, 3.8) is 0 Å². The Balaban J connectivity index is 0. The van der Waals surface area contributed by atoms with Crippen molar-refractivity contribution in [3.8, 4) is 0 Å². The molecule has 4 nitrogen and oxygen atoms in total. The predicted molar refractivity (Wildman–Crippen MR) is 45.2 cm³/mol. The van der Waals surface area contributed by atoms with Gasteiger partial charge in [-0.2, -0.15) is 0 Å². The van der Waals surface area contributed by atoms with Gasteiger partial charge in [0.25, 0.3) is 0 Å². The largest absolute Gasteiger partial charge is 0.480 e. The average molecular weight is 162 g/mol. The number of hydrogen-bond acceptors (Lipinski definition) is 3. The molecule has 5 N–H and O–H groups in total. The van der Waals surface area contributed by atoms with E-state index in [9.17, 15) is 4.79 Å². The Kier molecular flexibility index (Phi) is 8.87. The summed E-state index contributed by atoms with van der Waals surface area (Å²) in [5.41, 5.74) is 10.4. The molecule has 0 spiro atoms. The summed E-state index contributed by atoms with van der Waals surface area (Å²) < 4.78 is 0. The van der Waals surface area contributed by atoms with Crippen molar-refractivity contribution < 1.29 is 9.90 Å². The lowest BCUT2D eigenvalue weighted by Crippen LogP contribution is -2.29. The molecule has 0 unspecified atom stereocenters. The van der Waals surface area contributed by atoms with Gasteiger partial charge in [0.1, 0.15) is 6.04 Å². The van der Waals surface area contributed by atoms with Gasteiger partial charge < -0.3 is 16.6 Å². The summed E-state index contributed by atoms with van der Waals surface area (Å²) in [6, 6.07) is -0.716. The van der Waals surface area contributed by atoms with Crippen molar-refractivity contribution in [2.45, 2.75) is 32.7 Å². The minimum atomic E-state index is -0.933. The van der Waals surface area contributed by atoms with Crippen LogP contribution >= 0.6 is 0 Å². The topological polar surface area (TPSA) is 89.3 Å². The molecule has 0 fully saturated rings. The second-order valence-corrected chi connectivity index (χ2v) is 2.23. The molecule has 68 valence electrons. The van der Waals surface area contributed by atoms with Gasteiger partial charge in [-0.05, 0) is 19.4 Å². The molecular weight excluding hydrogens is 144 g/mol. The molecule has 0 saturated carbocycles. The molecule has 0 heterocycles. The van der Waals surface area contributed by atoms with Crippen LogP contribution in [0.4, 0.5) is 0 Å². The number of rotatable bonds is 5. The maximum absolute atomic E-state index is 10.1. The molecule has 1 atom stereocenters. The lowest BCUT2D eigenvalue weighted by molar-refractivity contribution is -0.138. The Morgan fingerprint density at radius 1 is 1.45 bits per heavy atom. The molecule has 0 saturated heterocycles. The Labute approximate surface area is 67.6 Å². The van der Waals surface area contributed by atoms with Gasteiger partial charge in [0, 0.05) is 0 Å². The molecule has 0 aromatic heterocycles. The molecule has 0 amide bonds. The number of hydrogen-bond donors (Lipinski definition) is 3. The second kappa shape index (κ2) is 7.50. The van der Waals surface area contributed by atoms with Gasteiger partial charge in [-0.25, -0.2) is 0 Å². The molecule has 0 bridgehead atoms. The lowest BCUT2D eigenvalue weighted by Gasteiger charge is -2.03. The van der Waals surface area contributed by atoms with E-state index < -0.39 is 12.0 Å². The molecule has 0 aliphatic carbocycles. The molecule has 0 aromatic rings. The van der Waals surface area contributed by atoms with Gasteiger partial charge in [0.15, 0.2) is 0 Å². The van der Waals surface area contributed by atoms with Crippen LogP contribution in [0.25, 0.3) is 0 Å². The summed E-state index contributed by atoms with van der Waals surface area (Å²) in [5, 5.41) is 8.33. The van der Waals surface area contributed by atoms with Gasteiger partial charge in [0.2, 0.25) is 0 Å². The quantitative estimate of drug-likeness (QED) is 0.502. The third kappa shape index (κ3) is 7.29. The van der Waals surface area contributed by atoms with E-state index in [1.165, 1.54) is 0 Å². The van der Waals surface area contributed by atoms with Crippen LogP contribution in [0.15, 0.2) is 0 Å². The van der Waals surface area contributed by atoms with Crippen LogP contribution < -0.4 is 11.5 Å². The molecule has 0 rings (SSSR count). The highest BCUT2D eigenvalue weighted by atomic mass is 16.4. The third-order valence-corrected chi connectivity index (χ3v) is 1.29. The zero-order valence-electron chi connectivity index (χ0n) is 5.92. The number of carbonyl (C=O) groups is 1. The number of nitrogens with two attached hydrogens (primary N) is 2. The van der Waals surface area contributed by atoms with E-state index in [1.54, 1.807) is 0 Å². The Morgan fingerprint density at radius 2 is 2.00 bits per heavy atom. The van der Waals surface area contributed by atoms with Gasteiger partial charge >= 0.3 is 5.97 Å². The highest BCUT2D eigenvalue weighted by molar-refractivity contribution is 5.72. The van der Waals surface area contributed by atoms with E-state index in [1.807, 2.05) is 0 Å². The van der Waals surface area contributed by atoms with Crippen molar-refractivity contribution in [1.82, 2.24) is 0 Å². The summed E-state index contributed by atoms with van der Waals surface area (Å²) in [5.74, 6) is -0.933. The maximum Gasteiger partial charge on any atom is 0.320 e. The van der Waals surface area contributed by atoms with Crippen molar-refractivity contribution in [1.29, 1.82) is 0 Å². The Hall–Kier alpha value is -0.610. The zero-order chi connectivity index (χ0) is 7.98. The number of carboxylic acids is 1. The molecule has 0 aliphatic heterocycles. The fourth-order valence-corrected chi connectivity index (χ4v) is 0.632. The van der Waals surface area contributed by atoms with Crippen molar-refractivity contribution in [3.05, 3.63) is 0 Å². The van der Waals surface area contributed by atoms with Crippen molar-refractivity contribution >= 4 is 5.97 Å². The van der Waals surface area contributed by atoms with Crippen molar-refractivity contribution in [2.24, 2.45) is 11.5 Å². The van der Waals surface area contributed by atoms with E-state index in [-0.39, 0.29) is 7.43 Å². The molecule has 11 heavy (non-hydrogen) atoms. The van der Waals surface area contributed by atoms with E-state index >= 15 is 0 Å². The molecule has 0 aromatic carbocycles. The van der Waals surface area contributed by atoms with Crippen LogP contribution in [0.3, 0.4) is 0 Å². The van der Waals surface area contributed by atoms with Crippen LogP contribution in [-0.4, -0.2) is 23.7 Å². The minimum Gasteiger partial charge on any atom is -0.480 e. The standard InChI is InChI=1S/C6H14N2O2.CH4/c7-4-2-1-3-5(8)6(9)10;/h5H,1-4,7-8H2,(H,9,10);1H4/t5-;/m1./s1. The summed E-state index contributed by atoms with van der Waals surface area (Å²) in [7, 11) is 0. The molecule has 0 aliphatic rings. The summed E-state index contributed by atoms with van der Waals surface area (Å²) in [6.45, 7) is 0.604. The van der Waals surface area contributed by atoms with Gasteiger partial charge in [-0.3, -0.25) is 4.79 Å². The van der Waals surface area contributed by atoms with Crippen LogP contribution in [0.1, 0.15) is 26.7 Å². The average Bonchev–Trinajstić information content (AvgIpc) is 1.88. The summed E-state index contributed by atoms with van der Waals surface area (Å²) in [4.78, 5) is 10.1. The maximum atomic E-state index is 10.1. The first-order valence-electron chi connectivity index (χ1n) is 3.37. The number of unbranched alkanes of at least 4 members (excludes halogenated alkanes) is 1. The molecule has 4 heteroatoms. The fourth-order valence-electron chi connectivity index (χ4n) is 0.632. The first-order valence-corrected chi connectivity index (χ1v) is 3.37. The molecule has 0 radical (unpaired) electrons. The first kappa shape index (κ1) is 13.0. The van der Waals surface area contributed by atoms with Gasteiger partial charge in [-0.15, -0.1) is 0 Å². The third-order valence-electron chi connectivity index (χ3n) is 1.29. The normalized spacial score (nSPS) is 11.8. The number of carboxylic acid groups (broad SMARTS) is 1. The summed E-state index contributed by atoms with van der Waals surface area (Å²) >= 11 is 0. The van der Waals surface area contributed by atoms with Crippen LogP contribution in [0.2, 0.25) is 0 Å². The van der Waals surface area contributed by atoms with Gasteiger partial charge in [0.05, 0.1) is 0 Å². The highest BCUT2D eigenvalue weighted by Crippen LogP contribution is 1.96. The smallest absolute Gasteiger partial charge is 0.320 e. The van der Waals surface area contributed by atoms with E-state index in [0.717, 1.165) is 12.8 Å². The first-order chi connectivity index (χ1) is 4.68. The Bertz CT molecular complexity index is 107. The zero-order valence-corrected chi connectivity index (χ0v) is 5.92. The number of aliphatic carboxylic acids is 1. The summed E-state index contributed by atoms with van der Waals surface area (Å²) in [6.07, 6.45) is 2.16. The van der Waals surface area contributed by atoms with E-state index in [0.29, 0.717) is 13.0 Å². The lowest BCUT2D eigenvalue weighted by atomic mass is 10.1. The monoisotopic (exact) mass is 162 g/mol. The fraction of sp³-hybridized carbons (Fsp3) is 0.857. The van der Waals surface area contributed by atoms with Crippen LogP contribution in [-0.2, 0) is 4.79 Å². The van der Waals surface area contributed by atoms with E-state index in [2.05, 4.69) is 0 Å². The Morgan fingerprint density at radius 3 is 2.36 bits per heavy atom. The predicted octanol–water partition coefficient (Wildman–Crippen LogP) is 0.163. The highest BCUT2D eigenvalue weighted by Gasteiger charge is 2.09. The second-order valence-electron chi connectivity index (χ2n) is 2.23. The van der Waals surface area contributed by atoms with Crippen molar-refractivity contribution in [2.75, 3.05) is 6.54 Å². The van der Waals surface area contributed by atoms with E-state index in [4.69, 9.17) is 16.6 Å². The molecular formula is C7H18N2O2. The van der Waals surface area contributed by atoms with Crippen LogP contribution in [0.5, 0.6) is 0 Å².